The zero-order valence-electron chi connectivity index (χ0n) is 18.6. The summed E-state index contributed by atoms with van der Waals surface area (Å²) in [6.07, 6.45) is 9.30. The quantitative estimate of drug-likeness (QED) is 0.311. The smallest absolute Gasteiger partial charge is 0.212 e. The Bertz CT molecular complexity index is 958. The summed E-state index contributed by atoms with van der Waals surface area (Å²) in [5.74, 6) is 0.628. The molecule has 0 spiro atoms. The summed E-state index contributed by atoms with van der Waals surface area (Å²) in [4.78, 5) is 19.5. The summed E-state index contributed by atoms with van der Waals surface area (Å²) in [6.45, 7) is 8.50. The van der Waals surface area contributed by atoms with E-state index < -0.39 is 0 Å². The van der Waals surface area contributed by atoms with Crippen molar-refractivity contribution in [1.29, 1.82) is 0 Å². The highest BCUT2D eigenvalue weighted by molar-refractivity contribution is 6.08. The molecule has 6 heteroatoms. The van der Waals surface area contributed by atoms with E-state index in [1.807, 2.05) is 12.1 Å². The minimum atomic E-state index is -0.183. The normalized spacial score (nSPS) is 11.3. The second kappa shape index (κ2) is 11.5. The van der Waals surface area contributed by atoms with Crippen LogP contribution in [0.25, 0.3) is 5.65 Å². The molecule has 0 bridgehead atoms. The van der Waals surface area contributed by atoms with Crippen LogP contribution in [-0.4, -0.2) is 51.4 Å². The minimum Gasteiger partial charge on any atom is -0.504 e. The maximum atomic E-state index is 12.7. The van der Waals surface area contributed by atoms with Crippen molar-refractivity contribution in [3.05, 3.63) is 60.0 Å². The van der Waals surface area contributed by atoms with Crippen LogP contribution >= 0.6 is 0 Å². The van der Waals surface area contributed by atoms with E-state index in [1.165, 1.54) is 25.7 Å². The lowest BCUT2D eigenvalue weighted by atomic mass is 10.1. The zero-order valence-corrected chi connectivity index (χ0v) is 18.6. The maximum absolute atomic E-state index is 12.7. The molecule has 0 saturated carbocycles. The topological polar surface area (TPSA) is 67.1 Å². The molecule has 0 aliphatic heterocycles. The fourth-order valence-electron chi connectivity index (χ4n) is 3.54. The second-order valence-electron chi connectivity index (χ2n) is 7.85. The highest BCUT2D eigenvalue weighted by Gasteiger charge is 2.15. The van der Waals surface area contributed by atoms with Crippen LogP contribution in [0.5, 0.6) is 11.5 Å². The molecule has 0 radical (unpaired) electrons. The van der Waals surface area contributed by atoms with E-state index in [0.29, 0.717) is 23.5 Å². The molecule has 0 unspecified atom stereocenters. The van der Waals surface area contributed by atoms with Gasteiger partial charge in [-0.25, -0.2) is 4.98 Å². The Balaban J connectivity index is 1.51. The summed E-state index contributed by atoms with van der Waals surface area (Å²) in [5, 5.41) is 9.88. The Kier molecular flexibility index (Phi) is 8.47. The van der Waals surface area contributed by atoms with E-state index >= 15 is 0 Å². The number of nitrogens with zero attached hydrogens (tertiary/aromatic N) is 3. The molecule has 31 heavy (non-hydrogen) atoms. The van der Waals surface area contributed by atoms with Crippen LogP contribution in [0.3, 0.4) is 0 Å². The average Bonchev–Trinajstić information content (AvgIpc) is 3.23. The van der Waals surface area contributed by atoms with Crippen molar-refractivity contribution >= 4 is 11.4 Å². The zero-order chi connectivity index (χ0) is 22.1. The van der Waals surface area contributed by atoms with Gasteiger partial charge in [-0.15, -0.1) is 0 Å². The van der Waals surface area contributed by atoms with Crippen LogP contribution in [0.2, 0.25) is 0 Å². The first-order valence-corrected chi connectivity index (χ1v) is 11.3. The number of unbranched alkanes of at least 4 members (excludes halogenated alkanes) is 2. The Morgan fingerprint density at radius 1 is 1.03 bits per heavy atom. The minimum absolute atomic E-state index is 0.0493. The number of fused-ring (bicyclic) bond motifs is 1. The van der Waals surface area contributed by atoms with Crippen molar-refractivity contribution in [3.8, 4) is 11.5 Å². The molecule has 0 atom stereocenters. The number of pyridine rings is 1. The fraction of sp³-hybridized carbons (Fsp3) is 0.440. The Morgan fingerprint density at radius 3 is 2.35 bits per heavy atom. The van der Waals surface area contributed by atoms with Crippen molar-refractivity contribution in [2.75, 3.05) is 26.2 Å². The number of hydrogen-bond donors (Lipinski definition) is 1. The molecule has 6 nitrogen and oxygen atoms in total. The van der Waals surface area contributed by atoms with Gasteiger partial charge in [-0.1, -0.05) is 26.7 Å². The third kappa shape index (κ3) is 6.31. The Labute approximate surface area is 184 Å². The van der Waals surface area contributed by atoms with Gasteiger partial charge in [0.05, 0.1) is 6.61 Å². The largest absolute Gasteiger partial charge is 0.504 e. The van der Waals surface area contributed by atoms with E-state index in [0.717, 1.165) is 31.8 Å². The molecular formula is C25H33N3O3. The van der Waals surface area contributed by atoms with Crippen LogP contribution in [-0.2, 0) is 0 Å². The van der Waals surface area contributed by atoms with Crippen LogP contribution < -0.4 is 4.74 Å². The van der Waals surface area contributed by atoms with Gasteiger partial charge < -0.3 is 19.1 Å². The molecule has 0 saturated heterocycles. The number of imidazole rings is 1. The molecule has 3 aromatic rings. The molecule has 166 valence electrons. The van der Waals surface area contributed by atoms with Crippen LogP contribution in [0.15, 0.2) is 48.8 Å². The number of ether oxygens (including phenoxy) is 1. The second-order valence-corrected chi connectivity index (χ2v) is 7.85. The predicted octanol–water partition coefficient (Wildman–Crippen LogP) is 4.94. The van der Waals surface area contributed by atoms with Crippen LogP contribution in [0.4, 0.5) is 0 Å². The summed E-state index contributed by atoms with van der Waals surface area (Å²) >= 11 is 0. The molecule has 0 aliphatic rings. The van der Waals surface area contributed by atoms with Crippen LogP contribution in [0, 0.1) is 0 Å². The first kappa shape index (κ1) is 22.8. The first-order chi connectivity index (χ1) is 15.1. The Hall–Kier alpha value is -2.86. The van der Waals surface area contributed by atoms with Gasteiger partial charge in [-0.2, -0.15) is 0 Å². The van der Waals surface area contributed by atoms with Crippen molar-refractivity contribution in [2.45, 2.75) is 46.0 Å². The third-order valence-electron chi connectivity index (χ3n) is 5.35. The summed E-state index contributed by atoms with van der Waals surface area (Å²) in [6, 6.07) is 10.4. The molecule has 0 amide bonds. The molecule has 3 rings (SSSR count). The average molecular weight is 424 g/mol. The van der Waals surface area contributed by atoms with Crippen molar-refractivity contribution in [2.24, 2.45) is 0 Å². The number of rotatable bonds is 13. The van der Waals surface area contributed by atoms with Gasteiger partial charge in [0, 0.05) is 24.5 Å². The van der Waals surface area contributed by atoms with Gasteiger partial charge in [0.2, 0.25) is 5.78 Å². The maximum Gasteiger partial charge on any atom is 0.212 e. The van der Waals surface area contributed by atoms with E-state index in [2.05, 4.69) is 23.7 Å². The fourth-order valence-corrected chi connectivity index (χ4v) is 3.54. The van der Waals surface area contributed by atoms with Gasteiger partial charge in [0.1, 0.15) is 11.4 Å². The highest BCUT2D eigenvalue weighted by Crippen LogP contribution is 2.20. The summed E-state index contributed by atoms with van der Waals surface area (Å²) in [7, 11) is 0. The van der Waals surface area contributed by atoms with Crippen molar-refractivity contribution in [3.63, 3.8) is 0 Å². The highest BCUT2D eigenvalue weighted by atomic mass is 16.5. The lowest BCUT2D eigenvalue weighted by Crippen LogP contribution is -2.28. The van der Waals surface area contributed by atoms with Gasteiger partial charge in [-0.05, 0) is 68.8 Å². The van der Waals surface area contributed by atoms with Gasteiger partial charge in [0.15, 0.2) is 11.4 Å². The lowest BCUT2D eigenvalue weighted by Gasteiger charge is -2.21. The van der Waals surface area contributed by atoms with Crippen LogP contribution in [0.1, 0.15) is 62.0 Å². The van der Waals surface area contributed by atoms with Gasteiger partial charge >= 0.3 is 0 Å². The molecule has 1 N–H and O–H groups in total. The van der Waals surface area contributed by atoms with E-state index in [-0.39, 0.29) is 11.5 Å². The lowest BCUT2D eigenvalue weighted by molar-refractivity contribution is 0.103. The number of carbonyl (C=O) groups excluding carboxylic acids is 1. The first-order valence-electron chi connectivity index (χ1n) is 11.3. The number of ketones is 1. The van der Waals surface area contributed by atoms with Gasteiger partial charge in [0.25, 0.3) is 0 Å². The summed E-state index contributed by atoms with van der Waals surface area (Å²) in [5.41, 5.74) is 1.22. The number of hydrogen-bond acceptors (Lipinski definition) is 5. The molecular weight excluding hydrogens is 390 g/mol. The molecule has 0 fully saturated rings. The number of aromatic nitrogens is 2. The molecule has 2 heterocycles. The van der Waals surface area contributed by atoms with E-state index in [9.17, 15) is 9.90 Å². The van der Waals surface area contributed by atoms with E-state index in [1.54, 1.807) is 41.1 Å². The summed E-state index contributed by atoms with van der Waals surface area (Å²) < 4.78 is 7.52. The number of aromatic hydroxyl groups is 1. The molecule has 0 aliphatic carbocycles. The van der Waals surface area contributed by atoms with Gasteiger partial charge in [-0.3, -0.25) is 4.79 Å². The Morgan fingerprint density at radius 2 is 1.71 bits per heavy atom. The van der Waals surface area contributed by atoms with E-state index in [4.69, 9.17) is 4.74 Å². The van der Waals surface area contributed by atoms with Crippen molar-refractivity contribution in [1.82, 2.24) is 14.3 Å². The number of carbonyl (C=O) groups is 1. The molecule has 1 aromatic carbocycles. The third-order valence-corrected chi connectivity index (χ3v) is 5.35. The standard InChI is InChI=1S/C25H33N3O3/c1-3-5-14-27(15-6-4-2)16-8-18-31-21-12-10-20(11-13-21)24(30)22-19-28-17-7-9-23(29)25(28)26-22/h7,9-13,17,19,29H,3-6,8,14-16,18H2,1-2H3. The number of benzene rings is 1. The SMILES string of the molecule is CCCCN(CCCC)CCCOc1ccc(C(=O)c2cn3cccc(O)c3n2)cc1. The predicted molar refractivity (Wildman–Crippen MR) is 123 cm³/mol. The van der Waals surface area contributed by atoms with Crippen molar-refractivity contribution < 1.29 is 14.6 Å². The monoisotopic (exact) mass is 423 g/mol. The molecule has 2 aromatic heterocycles.